The van der Waals surface area contributed by atoms with Crippen LogP contribution in [0, 0.1) is 29.6 Å². The maximum Gasteiger partial charge on any atom is 0.266 e. The Hall–Kier alpha value is -4.29. The van der Waals surface area contributed by atoms with Crippen LogP contribution in [0.3, 0.4) is 0 Å². The average molecular weight is 382 g/mol. The Morgan fingerprint density at radius 1 is 1.07 bits per heavy atom. The van der Waals surface area contributed by atoms with E-state index >= 15 is 0 Å². The number of para-hydroxylation sites is 1. The van der Waals surface area contributed by atoms with Crippen molar-refractivity contribution >= 4 is 17.7 Å². The molecular formula is C23H18N4O2. The molecule has 3 rings (SSSR count). The zero-order chi connectivity index (χ0) is 20.8. The summed E-state index contributed by atoms with van der Waals surface area (Å²) in [5, 5.41) is 21.2. The van der Waals surface area contributed by atoms with Crippen molar-refractivity contribution in [2.75, 3.05) is 5.32 Å². The molecule has 0 spiro atoms. The van der Waals surface area contributed by atoms with E-state index in [1.54, 1.807) is 41.9 Å². The molecular weight excluding hydrogens is 364 g/mol. The lowest BCUT2D eigenvalue weighted by atomic mass is 10.1. The Morgan fingerprint density at radius 3 is 2.31 bits per heavy atom. The lowest BCUT2D eigenvalue weighted by Crippen LogP contribution is -2.13. The molecule has 6 heteroatoms. The molecule has 1 amide bonds. The van der Waals surface area contributed by atoms with Gasteiger partial charge < -0.3 is 14.6 Å². The summed E-state index contributed by atoms with van der Waals surface area (Å²) in [6.07, 6.45) is 1.48. The average Bonchev–Trinajstić information content (AvgIpc) is 3.01. The number of nitrogens with one attached hydrogen (secondary N) is 1. The fourth-order valence-electron chi connectivity index (χ4n) is 2.71. The highest BCUT2D eigenvalue weighted by molar-refractivity contribution is 6.09. The van der Waals surface area contributed by atoms with Gasteiger partial charge in [0.15, 0.2) is 0 Å². The van der Waals surface area contributed by atoms with Gasteiger partial charge in [-0.1, -0.05) is 18.2 Å². The van der Waals surface area contributed by atoms with Crippen molar-refractivity contribution < 1.29 is 9.53 Å². The first-order valence-corrected chi connectivity index (χ1v) is 8.84. The summed E-state index contributed by atoms with van der Waals surface area (Å²) >= 11 is 0. The summed E-state index contributed by atoms with van der Waals surface area (Å²) in [4.78, 5) is 12.5. The summed E-state index contributed by atoms with van der Waals surface area (Å²) in [5.74, 6) is 0.828. The molecule has 6 nitrogen and oxygen atoms in total. The van der Waals surface area contributed by atoms with E-state index in [0.717, 1.165) is 5.69 Å². The number of aromatic nitrogens is 1. The zero-order valence-electron chi connectivity index (χ0n) is 16.0. The molecule has 3 aromatic rings. The summed E-state index contributed by atoms with van der Waals surface area (Å²) in [6.45, 7) is 1.82. The largest absolute Gasteiger partial charge is 0.457 e. The van der Waals surface area contributed by atoms with Gasteiger partial charge in [0.25, 0.3) is 5.91 Å². The number of carbonyl (C=O) groups is 1. The van der Waals surface area contributed by atoms with Gasteiger partial charge in [-0.15, -0.1) is 0 Å². The van der Waals surface area contributed by atoms with Crippen LogP contribution in [0.15, 0.2) is 66.2 Å². The van der Waals surface area contributed by atoms with Crippen LogP contribution in [-0.4, -0.2) is 10.5 Å². The van der Waals surface area contributed by atoms with E-state index in [9.17, 15) is 10.1 Å². The monoisotopic (exact) mass is 382 g/mol. The van der Waals surface area contributed by atoms with Crippen molar-refractivity contribution in [3.8, 4) is 23.6 Å². The highest BCUT2D eigenvalue weighted by atomic mass is 16.5. The molecule has 0 bridgehead atoms. The van der Waals surface area contributed by atoms with E-state index in [0.29, 0.717) is 28.4 Å². The van der Waals surface area contributed by atoms with E-state index < -0.39 is 5.91 Å². The van der Waals surface area contributed by atoms with Crippen molar-refractivity contribution in [1.82, 2.24) is 4.57 Å². The quantitative estimate of drug-likeness (QED) is 0.518. The molecule has 0 unspecified atom stereocenters. The number of benzene rings is 2. The molecule has 142 valence electrons. The van der Waals surface area contributed by atoms with Crippen LogP contribution in [-0.2, 0) is 11.8 Å². The van der Waals surface area contributed by atoms with Crippen LogP contribution in [0.1, 0.15) is 17.0 Å². The topological polar surface area (TPSA) is 90.8 Å². The first kappa shape index (κ1) is 19.5. The molecule has 0 radical (unpaired) electrons. The van der Waals surface area contributed by atoms with E-state index in [2.05, 4.69) is 11.4 Å². The molecule has 0 saturated heterocycles. The number of nitriles is 2. The smallest absolute Gasteiger partial charge is 0.266 e. The lowest BCUT2D eigenvalue weighted by Gasteiger charge is -2.08. The van der Waals surface area contributed by atoms with Crippen LogP contribution in [0.25, 0.3) is 6.08 Å². The minimum absolute atomic E-state index is 0.0483. The predicted octanol–water partition coefficient (Wildman–Crippen LogP) is 4.54. The summed E-state index contributed by atoms with van der Waals surface area (Å²) in [6, 6.07) is 21.9. The molecule has 0 aliphatic heterocycles. The second-order valence-electron chi connectivity index (χ2n) is 6.30. The maximum absolute atomic E-state index is 12.5. The van der Waals surface area contributed by atoms with Crippen molar-refractivity contribution in [3.63, 3.8) is 0 Å². The molecule has 0 saturated carbocycles. The van der Waals surface area contributed by atoms with Crippen molar-refractivity contribution in [3.05, 3.63) is 83.2 Å². The second-order valence-corrected chi connectivity index (χ2v) is 6.30. The molecule has 0 atom stereocenters. The summed E-state index contributed by atoms with van der Waals surface area (Å²) in [5.41, 5.74) is 2.40. The molecule has 0 aliphatic rings. The van der Waals surface area contributed by atoms with Gasteiger partial charge in [-0.25, -0.2) is 0 Å². The minimum atomic E-state index is -0.522. The van der Waals surface area contributed by atoms with Gasteiger partial charge in [0.2, 0.25) is 0 Å². The highest BCUT2D eigenvalue weighted by Crippen LogP contribution is 2.23. The number of rotatable bonds is 5. The Balaban J connectivity index is 1.73. The molecule has 1 heterocycles. The Morgan fingerprint density at radius 2 is 1.72 bits per heavy atom. The number of anilines is 1. The SMILES string of the molecule is Cc1c(/C=C(\C#N)C(=O)Nc2ccc(Oc3ccccc3)cc2)cc(C#N)n1C. The molecule has 0 fully saturated rings. The van der Waals surface area contributed by atoms with Crippen LogP contribution in [0.2, 0.25) is 0 Å². The van der Waals surface area contributed by atoms with Crippen molar-refractivity contribution in [2.24, 2.45) is 7.05 Å². The second kappa shape index (κ2) is 8.60. The number of hydrogen-bond acceptors (Lipinski definition) is 4. The molecule has 1 aromatic heterocycles. The van der Waals surface area contributed by atoms with Crippen molar-refractivity contribution in [1.29, 1.82) is 10.5 Å². The summed E-state index contributed by atoms with van der Waals surface area (Å²) < 4.78 is 7.43. The minimum Gasteiger partial charge on any atom is -0.457 e. The van der Waals surface area contributed by atoms with Crippen LogP contribution < -0.4 is 10.1 Å². The van der Waals surface area contributed by atoms with E-state index in [4.69, 9.17) is 10.00 Å². The van der Waals surface area contributed by atoms with E-state index in [1.165, 1.54) is 6.08 Å². The Bertz CT molecular complexity index is 1140. The molecule has 29 heavy (non-hydrogen) atoms. The normalized spacial score (nSPS) is 10.7. The van der Waals surface area contributed by atoms with Gasteiger partial charge in [-0.05, 0) is 61.0 Å². The molecule has 1 N–H and O–H groups in total. The Labute approximate surface area is 168 Å². The predicted molar refractivity (Wildman–Crippen MR) is 110 cm³/mol. The van der Waals surface area contributed by atoms with E-state index in [1.807, 2.05) is 43.3 Å². The molecule has 2 aromatic carbocycles. The van der Waals surface area contributed by atoms with Gasteiger partial charge in [-0.2, -0.15) is 10.5 Å². The van der Waals surface area contributed by atoms with E-state index in [-0.39, 0.29) is 5.57 Å². The number of ether oxygens (including phenoxy) is 1. The number of amides is 1. The van der Waals surface area contributed by atoms with Crippen molar-refractivity contribution in [2.45, 2.75) is 6.92 Å². The number of carbonyl (C=O) groups excluding carboxylic acids is 1. The molecule has 0 aliphatic carbocycles. The fraction of sp³-hybridized carbons (Fsp3) is 0.0870. The first-order chi connectivity index (χ1) is 14.0. The lowest BCUT2D eigenvalue weighted by molar-refractivity contribution is -0.112. The van der Waals surface area contributed by atoms with Gasteiger partial charge in [0.05, 0.1) is 0 Å². The third kappa shape index (κ3) is 4.52. The summed E-state index contributed by atoms with van der Waals surface area (Å²) in [7, 11) is 1.76. The highest BCUT2D eigenvalue weighted by Gasteiger charge is 2.13. The number of nitrogens with zero attached hydrogens (tertiary/aromatic N) is 3. The first-order valence-electron chi connectivity index (χ1n) is 8.84. The van der Waals surface area contributed by atoms with Gasteiger partial charge in [0, 0.05) is 18.4 Å². The third-order valence-corrected chi connectivity index (χ3v) is 4.45. The van der Waals surface area contributed by atoms with Crippen LogP contribution in [0.4, 0.5) is 5.69 Å². The standard InChI is InChI=1S/C23H18N4O2/c1-16-17(13-20(15-25)27(16)2)12-18(14-24)23(28)26-19-8-10-22(11-9-19)29-21-6-4-3-5-7-21/h3-13H,1-2H3,(H,26,28)/b18-12+. The van der Waals surface area contributed by atoms with Gasteiger partial charge in [-0.3, -0.25) is 4.79 Å². The number of hydrogen-bond donors (Lipinski definition) is 1. The maximum atomic E-state index is 12.5. The third-order valence-electron chi connectivity index (χ3n) is 4.45. The van der Waals surface area contributed by atoms with Crippen LogP contribution >= 0.6 is 0 Å². The van der Waals surface area contributed by atoms with Crippen LogP contribution in [0.5, 0.6) is 11.5 Å². The Kier molecular flexibility index (Phi) is 5.77. The zero-order valence-corrected chi connectivity index (χ0v) is 16.0. The van der Waals surface area contributed by atoms with Gasteiger partial charge in [0.1, 0.15) is 34.9 Å². The fourth-order valence-corrected chi connectivity index (χ4v) is 2.71. The van der Waals surface area contributed by atoms with Gasteiger partial charge >= 0.3 is 0 Å².